The van der Waals surface area contributed by atoms with Crippen molar-refractivity contribution in [3.05, 3.63) is 40.7 Å². The zero-order chi connectivity index (χ0) is 28.1. The molecule has 0 bridgehead atoms. The van der Waals surface area contributed by atoms with E-state index in [9.17, 15) is 24.3 Å². The van der Waals surface area contributed by atoms with Crippen LogP contribution in [0.5, 0.6) is 0 Å². The summed E-state index contributed by atoms with van der Waals surface area (Å²) in [6.07, 6.45) is 3.19. The number of alkyl carbamates (subject to hydrolysis) is 1. The predicted molar refractivity (Wildman–Crippen MR) is 140 cm³/mol. The van der Waals surface area contributed by atoms with E-state index in [4.69, 9.17) is 15.3 Å². The number of carboxylic acids is 1. The van der Waals surface area contributed by atoms with Crippen LogP contribution in [0.15, 0.2) is 34.2 Å². The molecule has 6 heterocycles. The number of thioether (sulfide) groups is 1. The molecule has 2 saturated heterocycles. The summed E-state index contributed by atoms with van der Waals surface area (Å²) in [6.45, 7) is 0.297. The molecule has 0 saturated carbocycles. The van der Waals surface area contributed by atoms with E-state index >= 15 is 0 Å². The largest absolute Gasteiger partial charge is 0.477 e. The Morgan fingerprint density at radius 3 is 2.92 bits per heavy atom. The molecule has 19 heteroatoms. The van der Waals surface area contributed by atoms with Crippen LogP contribution in [0.4, 0.5) is 9.93 Å². The molecule has 0 aromatic carbocycles. The Bertz CT molecular complexity index is 1630. The number of aromatic nitrogens is 4. The van der Waals surface area contributed by atoms with Crippen LogP contribution in [0.25, 0.3) is 4.83 Å². The second kappa shape index (κ2) is 10.1. The van der Waals surface area contributed by atoms with Crippen LogP contribution in [0.2, 0.25) is 0 Å². The monoisotopic (exact) mass is 606 g/mol. The molecule has 0 spiro atoms. The first-order chi connectivity index (χ1) is 19.3. The van der Waals surface area contributed by atoms with Crippen LogP contribution in [0.1, 0.15) is 17.7 Å². The van der Waals surface area contributed by atoms with Crippen LogP contribution in [-0.2, 0) is 30.5 Å². The van der Waals surface area contributed by atoms with Gasteiger partial charge in [0.2, 0.25) is 16.4 Å². The maximum absolute atomic E-state index is 13.2. The van der Waals surface area contributed by atoms with E-state index in [1.165, 1.54) is 35.1 Å². The summed E-state index contributed by atoms with van der Waals surface area (Å²) in [6, 6.07) is -1.43. The van der Waals surface area contributed by atoms with Gasteiger partial charge < -0.3 is 31.0 Å². The summed E-state index contributed by atoms with van der Waals surface area (Å²) in [7, 11) is 1.24. The summed E-state index contributed by atoms with van der Waals surface area (Å²) in [5.74, 6) is -1.66. The minimum atomic E-state index is -1.26. The minimum absolute atomic E-state index is 0.0562. The molecule has 0 unspecified atom stereocenters. The number of ether oxygens (including phenoxy) is 1. The molecule has 40 heavy (non-hydrogen) atoms. The van der Waals surface area contributed by atoms with Gasteiger partial charge in [-0.1, -0.05) is 16.5 Å². The van der Waals surface area contributed by atoms with E-state index in [0.717, 1.165) is 16.4 Å². The molecule has 16 nitrogen and oxygen atoms in total. The van der Waals surface area contributed by atoms with E-state index in [-0.39, 0.29) is 41.3 Å². The van der Waals surface area contributed by atoms with Crippen molar-refractivity contribution in [3.63, 3.8) is 0 Å². The standard InChI is InChI=1S/C21H19N9O7S3/c1-36-26-11(14-25-20(22)40-27-14)15(31)24-12-17(32)30-13(19(33)34)8(7-39-18(12)30)4-28-5-10-29(2-3-38-10)16(28)9-6-37-21(35)23-9/h2-3,5,9,12,18H,4,6-7H2,1H3,(H4-,22,23,24,25,27,31,33,34,35)/p+1/b26-11-/t9-,12+,18+/m0/s1. The van der Waals surface area contributed by atoms with Gasteiger partial charge >= 0.3 is 12.1 Å². The van der Waals surface area contributed by atoms with Gasteiger partial charge in [0.25, 0.3) is 17.6 Å². The SMILES string of the molecule is CO/N=C(\C(=O)N[C@@H]1C(=O)N2C(C(=O)O)=C(C[n+]3cc4sccn4c3[C@@H]3COC(=O)N3)CS[C@H]12)c1nsc(N)n1. The zero-order valence-corrected chi connectivity index (χ0v) is 22.9. The Hall–Kier alpha value is -4.23. The molecule has 5 N–H and O–H groups in total. The highest BCUT2D eigenvalue weighted by atomic mass is 32.2. The summed E-state index contributed by atoms with van der Waals surface area (Å²) in [5.41, 5.74) is 5.70. The number of carbonyl (C=O) groups is 4. The fourth-order valence-electron chi connectivity index (χ4n) is 4.76. The van der Waals surface area contributed by atoms with Gasteiger partial charge in [-0.2, -0.15) is 13.8 Å². The number of hydrogen-bond donors (Lipinski definition) is 4. The average Bonchev–Trinajstić information content (AvgIpc) is 3.71. The molecule has 3 atom stereocenters. The molecule has 3 aliphatic rings. The van der Waals surface area contributed by atoms with Gasteiger partial charge in [-0.25, -0.2) is 14.2 Å². The zero-order valence-electron chi connectivity index (χ0n) is 20.5. The number of thiazole rings is 1. The third-order valence-corrected chi connectivity index (χ3v) is 9.06. The van der Waals surface area contributed by atoms with Crippen LogP contribution in [0, 0.1) is 0 Å². The van der Waals surface area contributed by atoms with Crippen molar-refractivity contribution >= 4 is 74.2 Å². The topological polar surface area (TPSA) is 207 Å². The molecule has 0 radical (unpaired) electrons. The molecular weight excluding hydrogens is 586 g/mol. The lowest BCUT2D eigenvalue weighted by molar-refractivity contribution is -0.696. The van der Waals surface area contributed by atoms with Gasteiger partial charge in [-0.05, 0) is 0 Å². The van der Waals surface area contributed by atoms with Crippen LogP contribution < -0.4 is 20.9 Å². The van der Waals surface area contributed by atoms with E-state index in [2.05, 4.69) is 25.1 Å². The van der Waals surface area contributed by atoms with E-state index in [1.807, 2.05) is 26.7 Å². The third kappa shape index (κ3) is 4.31. The molecule has 208 valence electrons. The number of carbonyl (C=O) groups excluding carboxylic acids is 3. The van der Waals surface area contributed by atoms with Crippen molar-refractivity contribution in [1.82, 2.24) is 29.3 Å². The van der Waals surface area contributed by atoms with Gasteiger partial charge in [0.05, 0.1) is 0 Å². The number of oxime groups is 1. The van der Waals surface area contributed by atoms with E-state index in [1.54, 1.807) is 0 Å². The average molecular weight is 607 g/mol. The highest BCUT2D eigenvalue weighted by Gasteiger charge is 2.55. The van der Waals surface area contributed by atoms with Crippen molar-refractivity contribution in [2.75, 3.05) is 25.2 Å². The van der Waals surface area contributed by atoms with Crippen LogP contribution >= 0.6 is 34.6 Å². The number of cyclic esters (lactones) is 1. The number of nitrogens with one attached hydrogen (secondary N) is 2. The fourth-order valence-corrected chi connectivity index (χ4v) is 7.30. The number of imidazole rings is 1. The van der Waals surface area contributed by atoms with Gasteiger partial charge in [0.15, 0.2) is 11.2 Å². The van der Waals surface area contributed by atoms with Crippen molar-refractivity contribution < 1.29 is 38.4 Å². The lowest BCUT2D eigenvalue weighted by Crippen LogP contribution is -2.71. The highest BCUT2D eigenvalue weighted by Crippen LogP contribution is 2.40. The number of nitrogens with two attached hydrogens (primary N) is 1. The molecule has 3 aromatic heterocycles. The summed E-state index contributed by atoms with van der Waals surface area (Å²) in [5, 5.41) is 20.5. The molecule has 2 fully saturated rings. The summed E-state index contributed by atoms with van der Waals surface area (Å²) < 4.78 is 12.8. The lowest BCUT2D eigenvalue weighted by atomic mass is 10.0. The van der Waals surface area contributed by atoms with Crippen molar-refractivity contribution in [3.8, 4) is 0 Å². The van der Waals surface area contributed by atoms with Crippen molar-refractivity contribution in [1.29, 1.82) is 0 Å². The Balaban J connectivity index is 1.25. The lowest BCUT2D eigenvalue weighted by Gasteiger charge is -2.49. The van der Waals surface area contributed by atoms with Crippen LogP contribution in [-0.4, -0.2) is 84.2 Å². The fraction of sp³-hybridized carbons (Fsp3) is 0.333. The van der Waals surface area contributed by atoms with Gasteiger partial charge in [-0.3, -0.25) is 14.5 Å². The van der Waals surface area contributed by atoms with Gasteiger partial charge in [0.1, 0.15) is 49.8 Å². The van der Waals surface area contributed by atoms with Gasteiger partial charge in [-0.15, -0.1) is 11.8 Å². The smallest absolute Gasteiger partial charge is 0.408 e. The summed E-state index contributed by atoms with van der Waals surface area (Å²) >= 11 is 3.68. The Labute approximate surface area is 236 Å². The third-order valence-electron chi connectivity index (χ3n) is 6.38. The maximum Gasteiger partial charge on any atom is 0.408 e. The number of β-lactam (4-membered cyclic amide) rings is 1. The number of anilines is 1. The predicted octanol–water partition coefficient (Wildman–Crippen LogP) is -0.708. The number of rotatable bonds is 8. The number of amides is 3. The molecule has 6 rings (SSSR count). The number of fused-ring (bicyclic) bond motifs is 2. The number of nitrogens with zero attached hydrogens (tertiary/aromatic N) is 6. The van der Waals surface area contributed by atoms with Crippen molar-refractivity contribution in [2.45, 2.75) is 24.0 Å². The van der Waals surface area contributed by atoms with E-state index in [0.29, 0.717) is 11.4 Å². The Morgan fingerprint density at radius 2 is 2.25 bits per heavy atom. The normalized spacial score (nSPS) is 22.6. The maximum atomic E-state index is 13.2. The Morgan fingerprint density at radius 1 is 1.43 bits per heavy atom. The van der Waals surface area contributed by atoms with Crippen LogP contribution in [0.3, 0.4) is 0 Å². The first kappa shape index (κ1) is 26.0. The second-order valence-corrected chi connectivity index (χ2v) is 11.5. The first-order valence-corrected chi connectivity index (χ1v) is 14.3. The second-order valence-electron chi connectivity index (χ2n) is 8.72. The summed E-state index contributed by atoms with van der Waals surface area (Å²) in [4.78, 5) is 61.0. The number of hydrogen-bond acceptors (Lipinski definition) is 13. The molecule has 3 aromatic rings. The van der Waals surface area contributed by atoms with Gasteiger partial charge in [0, 0.05) is 28.2 Å². The molecule has 0 aliphatic carbocycles. The quantitative estimate of drug-likeness (QED) is 0.109. The number of aliphatic carboxylic acids is 1. The van der Waals surface area contributed by atoms with Crippen molar-refractivity contribution in [2.24, 2.45) is 5.16 Å². The highest BCUT2D eigenvalue weighted by molar-refractivity contribution is 8.00. The molecule has 3 aliphatic heterocycles. The first-order valence-electron chi connectivity index (χ1n) is 11.6. The Kier molecular flexibility index (Phi) is 6.55. The van der Waals surface area contributed by atoms with E-state index < -0.39 is 41.3 Å². The minimum Gasteiger partial charge on any atom is -0.477 e. The number of carboxylic acid groups (broad SMARTS) is 1. The molecular formula is C21H20N9O7S3+. The molecule has 3 amide bonds. The number of nitrogen functional groups attached to an aromatic ring is 1.